The summed E-state index contributed by atoms with van der Waals surface area (Å²) >= 11 is 0. The van der Waals surface area contributed by atoms with Gasteiger partial charge in [0.15, 0.2) is 0 Å². The molecule has 0 bridgehead atoms. The van der Waals surface area contributed by atoms with Gasteiger partial charge >= 0.3 is 12.4 Å². The van der Waals surface area contributed by atoms with E-state index in [9.17, 15) is 35.9 Å². The molecule has 2 aromatic rings. The maximum atomic E-state index is 13.3. The van der Waals surface area contributed by atoms with Gasteiger partial charge in [0.2, 0.25) is 11.8 Å². The number of hydrogen-bond donors (Lipinski definition) is 2. The Morgan fingerprint density at radius 2 is 1.56 bits per heavy atom. The van der Waals surface area contributed by atoms with Crippen LogP contribution < -0.4 is 10.6 Å². The maximum Gasteiger partial charge on any atom is 0.416 e. The maximum absolute atomic E-state index is 13.3. The number of benzene rings is 2. The molecule has 2 amide bonds. The Balaban J connectivity index is 1.59. The van der Waals surface area contributed by atoms with E-state index in [1.807, 2.05) is 12.1 Å². The Hall–Kier alpha value is -2.92. The fourth-order valence-electron chi connectivity index (χ4n) is 4.79. The minimum atomic E-state index is -4.96. The molecule has 2 fully saturated rings. The lowest BCUT2D eigenvalue weighted by Crippen LogP contribution is -2.57. The number of carbonyl (C=O) groups is 2. The molecule has 4 rings (SSSR count). The van der Waals surface area contributed by atoms with E-state index in [2.05, 4.69) is 10.6 Å². The molecule has 0 radical (unpaired) electrons. The Kier molecular flexibility index (Phi) is 6.67. The van der Waals surface area contributed by atoms with Gasteiger partial charge in [-0.05, 0) is 49.1 Å². The van der Waals surface area contributed by atoms with Crippen LogP contribution in [0, 0.1) is 5.41 Å². The van der Waals surface area contributed by atoms with Gasteiger partial charge in [0.05, 0.1) is 34.8 Å². The van der Waals surface area contributed by atoms with Crippen LogP contribution in [0.1, 0.15) is 54.5 Å². The predicted molar refractivity (Wildman–Crippen MR) is 116 cm³/mol. The third kappa shape index (κ3) is 5.12. The Bertz CT molecular complexity index is 1110. The summed E-state index contributed by atoms with van der Waals surface area (Å²) in [5.41, 5.74) is -4.04. The van der Waals surface area contributed by atoms with Crippen molar-refractivity contribution in [2.24, 2.45) is 5.41 Å². The fraction of sp³-hybridized carbons (Fsp3) is 0.440. The van der Waals surface area contributed by atoms with Crippen LogP contribution >= 0.6 is 0 Å². The van der Waals surface area contributed by atoms with Gasteiger partial charge in [-0.2, -0.15) is 26.3 Å². The van der Waals surface area contributed by atoms with Gasteiger partial charge in [-0.25, -0.2) is 0 Å². The Morgan fingerprint density at radius 1 is 0.944 bits per heavy atom. The third-order valence-electron chi connectivity index (χ3n) is 7.01. The average Bonchev–Trinajstić information content (AvgIpc) is 3.10. The number of halogens is 6. The van der Waals surface area contributed by atoms with E-state index in [0.29, 0.717) is 25.0 Å². The second kappa shape index (κ2) is 9.19. The van der Waals surface area contributed by atoms with Crippen molar-refractivity contribution in [3.8, 4) is 0 Å². The molecule has 5 nitrogen and oxygen atoms in total. The molecule has 2 unspecified atom stereocenters. The van der Waals surface area contributed by atoms with Crippen molar-refractivity contribution < 1.29 is 40.7 Å². The first-order valence-corrected chi connectivity index (χ1v) is 11.3. The van der Waals surface area contributed by atoms with Gasteiger partial charge < -0.3 is 10.1 Å². The lowest BCUT2D eigenvalue weighted by Gasteiger charge is -2.45. The second-order valence-electron chi connectivity index (χ2n) is 9.43. The fourth-order valence-corrected chi connectivity index (χ4v) is 4.79. The van der Waals surface area contributed by atoms with Crippen molar-refractivity contribution in [1.82, 2.24) is 10.6 Å². The summed E-state index contributed by atoms with van der Waals surface area (Å²) in [5.74, 6) is -0.719. The number of rotatable bonds is 5. The number of hydrogen-bond acceptors (Lipinski definition) is 4. The normalized spacial score (nSPS) is 25.8. The standard InChI is InChI=1S/C25H24F6N2O3/c1-15(16-9-18(24(26,27)28)11-19(10-16)25(29,30)31)36-14-23(17-5-3-2-4-6-17)8-7-22(13-32-23)12-20(34)33-21(22)35/h2-6,9-11,15,32H,7-8,12-14H2,1H3,(H,33,34,35)/t15?,22?,23-/m1/s1. The van der Waals surface area contributed by atoms with Crippen molar-refractivity contribution in [2.45, 2.75) is 50.2 Å². The van der Waals surface area contributed by atoms with Crippen LogP contribution in [0.25, 0.3) is 0 Å². The summed E-state index contributed by atoms with van der Waals surface area (Å²) in [4.78, 5) is 24.2. The quantitative estimate of drug-likeness (QED) is 0.430. The molecule has 2 aromatic carbocycles. The number of piperidine rings is 1. The van der Waals surface area contributed by atoms with E-state index in [1.165, 1.54) is 6.92 Å². The van der Waals surface area contributed by atoms with Gasteiger partial charge in [0, 0.05) is 13.0 Å². The summed E-state index contributed by atoms with van der Waals surface area (Å²) in [5, 5.41) is 5.63. The molecule has 2 N–H and O–H groups in total. The van der Waals surface area contributed by atoms with E-state index in [1.54, 1.807) is 18.2 Å². The molecule has 2 heterocycles. The average molecular weight is 514 g/mol. The topological polar surface area (TPSA) is 67.4 Å². The first-order valence-electron chi connectivity index (χ1n) is 11.3. The van der Waals surface area contributed by atoms with Crippen molar-refractivity contribution in [1.29, 1.82) is 0 Å². The van der Waals surface area contributed by atoms with Gasteiger partial charge in [-0.1, -0.05) is 30.3 Å². The molecule has 2 aliphatic rings. The van der Waals surface area contributed by atoms with E-state index in [0.717, 1.165) is 5.56 Å². The molecule has 2 saturated heterocycles. The lowest BCUT2D eigenvalue weighted by molar-refractivity contribution is -0.143. The highest BCUT2D eigenvalue weighted by Crippen LogP contribution is 2.43. The number of amides is 2. The second-order valence-corrected chi connectivity index (χ2v) is 9.43. The van der Waals surface area contributed by atoms with Crippen LogP contribution in [0.5, 0.6) is 0 Å². The van der Waals surface area contributed by atoms with Crippen LogP contribution in [-0.4, -0.2) is 25.0 Å². The minimum absolute atomic E-state index is 0.0470. The minimum Gasteiger partial charge on any atom is -0.372 e. The zero-order chi connectivity index (χ0) is 26.4. The van der Waals surface area contributed by atoms with Crippen molar-refractivity contribution in [3.63, 3.8) is 0 Å². The molecule has 0 saturated carbocycles. The van der Waals surface area contributed by atoms with E-state index >= 15 is 0 Å². The molecule has 194 valence electrons. The molecule has 1 spiro atoms. The zero-order valence-electron chi connectivity index (χ0n) is 19.2. The van der Waals surface area contributed by atoms with Gasteiger partial charge in [-0.15, -0.1) is 0 Å². The monoisotopic (exact) mass is 514 g/mol. The molecule has 2 aliphatic heterocycles. The zero-order valence-corrected chi connectivity index (χ0v) is 19.2. The van der Waals surface area contributed by atoms with E-state index < -0.39 is 40.5 Å². The number of alkyl halides is 6. The number of imide groups is 1. The summed E-state index contributed by atoms with van der Waals surface area (Å²) in [7, 11) is 0. The van der Waals surface area contributed by atoms with E-state index in [4.69, 9.17) is 4.74 Å². The highest BCUT2D eigenvalue weighted by atomic mass is 19.4. The molecular weight excluding hydrogens is 490 g/mol. The molecule has 0 aliphatic carbocycles. The third-order valence-corrected chi connectivity index (χ3v) is 7.01. The highest BCUT2D eigenvalue weighted by molar-refractivity contribution is 6.06. The summed E-state index contributed by atoms with van der Waals surface area (Å²) in [6, 6.07) is 10.4. The lowest BCUT2D eigenvalue weighted by atomic mass is 9.71. The van der Waals surface area contributed by atoms with Crippen molar-refractivity contribution in [3.05, 3.63) is 70.8 Å². The molecule has 36 heavy (non-hydrogen) atoms. The smallest absolute Gasteiger partial charge is 0.372 e. The predicted octanol–water partition coefficient (Wildman–Crippen LogP) is 5.11. The van der Waals surface area contributed by atoms with Gasteiger partial charge in [0.25, 0.3) is 0 Å². The van der Waals surface area contributed by atoms with Crippen LogP contribution in [0.3, 0.4) is 0 Å². The van der Waals surface area contributed by atoms with Crippen LogP contribution in [0.15, 0.2) is 48.5 Å². The molecule has 11 heteroatoms. The number of nitrogens with one attached hydrogen (secondary N) is 2. The van der Waals surface area contributed by atoms with E-state index in [-0.39, 0.29) is 43.0 Å². The van der Waals surface area contributed by atoms with Crippen molar-refractivity contribution >= 4 is 11.8 Å². The summed E-state index contributed by atoms with van der Waals surface area (Å²) in [6.07, 6.45) is -10.2. The summed E-state index contributed by atoms with van der Waals surface area (Å²) in [6.45, 7) is 1.47. The molecular formula is C25H24F6N2O3. The largest absolute Gasteiger partial charge is 0.416 e. The van der Waals surface area contributed by atoms with Gasteiger partial charge in [-0.3, -0.25) is 14.9 Å². The molecule has 3 atom stereocenters. The SMILES string of the molecule is CC(OC[C@@]1(c2ccccc2)CCC2(CN1)CC(=O)NC2=O)c1cc(C(F)(F)F)cc(C(F)(F)F)c1. The highest BCUT2D eigenvalue weighted by Gasteiger charge is 2.52. The summed E-state index contributed by atoms with van der Waals surface area (Å²) < 4.78 is 85.6. The van der Waals surface area contributed by atoms with Gasteiger partial charge in [0.1, 0.15) is 0 Å². The Morgan fingerprint density at radius 3 is 2.03 bits per heavy atom. The Labute approximate surface area is 203 Å². The molecule has 0 aromatic heterocycles. The first kappa shape index (κ1) is 26.2. The number of ether oxygens (including phenoxy) is 1. The van der Waals surface area contributed by atoms with Crippen molar-refractivity contribution in [2.75, 3.05) is 13.2 Å². The van der Waals surface area contributed by atoms with Crippen LogP contribution in [-0.2, 0) is 32.2 Å². The van der Waals surface area contributed by atoms with Crippen LogP contribution in [0.4, 0.5) is 26.3 Å². The van der Waals surface area contributed by atoms with Crippen LogP contribution in [0.2, 0.25) is 0 Å². The first-order chi connectivity index (χ1) is 16.7. The number of carbonyl (C=O) groups excluding carboxylic acids is 2.